The van der Waals surface area contributed by atoms with Gasteiger partial charge in [-0.3, -0.25) is 9.59 Å². The largest absolute Gasteiger partial charge is 0.349 e. The number of carbonyl (C=O) groups excluding carboxylic acids is 2. The van der Waals surface area contributed by atoms with E-state index >= 15 is 0 Å². The molecule has 4 aliphatic rings. The summed E-state index contributed by atoms with van der Waals surface area (Å²) in [5.41, 5.74) is 6.75. The third-order valence-electron chi connectivity index (χ3n) is 6.24. The fraction of sp³-hybridized carbons (Fsp3) is 0.500. The fourth-order valence-electron chi connectivity index (χ4n) is 4.73. The number of benzene rings is 2. The lowest BCUT2D eigenvalue weighted by molar-refractivity contribution is -0.140. The van der Waals surface area contributed by atoms with Gasteiger partial charge in [0.15, 0.2) is 25.2 Å². The molecule has 6 heteroatoms. The second kappa shape index (κ2) is 12.9. The topological polar surface area (TPSA) is 71.1 Å². The first-order chi connectivity index (χ1) is 16.6. The van der Waals surface area contributed by atoms with Crippen LogP contribution in [0.1, 0.15) is 94.4 Å². The molecular formula is C28H36O6. The number of aldehydes is 2. The van der Waals surface area contributed by atoms with Crippen LogP contribution in [0.4, 0.5) is 0 Å². The predicted molar refractivity (Wildman–Crippen MR) is 130 cm³/mol. The van der Waals surface area contributed by atoms with Gasteiger partial charge < -0.3 is 18.9 Å². The molecule has 2 aromatic carbocycles. The number of ether oxygens (including phenoxy) is 4. The van der Waals surface area contributed by atoms with Crippen LogP contribution in [0.5, 0.6) is 0 Å². The van der Waals surface area contributed by atoms with Crippen molar-refractivity contribution in [2.75, 3.05) is 26.4 Å². The van der Waals surface area contributed by atoms with E-state index in [-0.39, 0.29) is 0 Å². The van der Waals surface area contributed by atoms with Crippen LogP contribution < -0.4 is 0 Å². The monoisotopic (exact) mass is 468 g/mol. The Morgan fingerprint density at radius 2 is 0.882 bits per heavy atom. The van der Waals surface area contributed by atoms with Crippen molar-refractivity contribution in [1.82, 2.24) is 0 Å². The van der Waals surface area contributed by atoms with Crippen LogP contribution in [0.2, 0.25) is 0 Å². The normalized spacial score (nSPS) is 13.4. The maximum absolute atomic E-state index is 12.3. The minimum Gasteiger partial charge on any atom is -0.349 e. The third kappa shape index (κ3) is 5.63. The van der Waals surface area contributed by atoms with Gasteiger partial charge in [-0.2, -0.15) is 0 Å². The lowest BCUT2D eigenvalue weighted by Gasteiger charge is -2.26. The lowest BCUT2D eigenvalue weighted by Crippen LogP contribution is -2.19. The van der Waals surface area contributed by atoms with Gasteiger partial charge in [0.1, 0.15) is 0 Å². The molecule has 34 heavy (non-hydrogen) atoms. The smallest absolute Gasteiger partial charge is 0.184 e. The number of carbonyl (C=O) groups is 2. The summed E-state index contributed by atoms with van der Waals surface area (Å²) in [5.74, 6) is 0. The highest BCUT2D eigenvalue weighted by molar-refractivity contribution is 5.82. The van der Waals surface area contributed by atoms with E-state index < -0.39 is 12.6 Å². The van der Waals surface area contributed by atoms with Gasteiger partial charge in [-0.05, 0) is 75.6 Å². The molecule has 0 radical (unpaired) electrons. The molecule has 0 amide bonds. The Morgan fingerprint density at radius 3 is 1.18 bits per heavy atom. The van der Waals surface area contributed by atoms with E-state index in [1.807, 2.05) is 39.8 Å². The van der Waals surface area contributed by atoms with Crippen LogP contribution in [-0.4, -0.2) is 39.0 Å². The van der Waals surface area contributed by atoms with Gasteiger partial charge >= 0.3 is 0 Å². The number of hydrogen-bond donors (Lipinski definition) is 0. The lowest BCUT2D eigenvalue weighted by atomic mass is 9.85. The van der Waals surface area contributed by atoms with Gasteiger partial charge in [0.05, 0.1) is 0 Å². The summed E-state index contributed by atoms with van der Waals surface area (Å²) in [5, 5.41) is 0. The van der Waals surface area contributed by atoms with E-state index in [2.05, 4.69) is 12.1 Å². The Balaban J connectivity index is 2.16. The highest BCUT2D eigenvalue weighted by Crippen LogP contribution is 2.34. The van der Waals surface area contributed by atoms with Crippen LogP contribution in [-0.2, 0) is 44.6 Å². The minimum absolute atomic E-state index is 0.475. The molecule has 0 atom stereocenters. The molecule has 0 saturated carbocycles. The van der Waals surface area contributed by atoms with E-state index in [0.29, 0.717) is 63.2 Å². The van der Waals surface area contributed by atoms with Crippen molar-refractivity contribution in [3.8, 4) is 0 Å². The maximum Gasteiger partial charge on any atom is 0.184 e. The van der Waals surface area contributed by atoms with Gasteiger partial charge in [0, 0.05) is 48.7 Å². The van der Waals surface area contributed by atoms with Gasteiger partial charge in [-0.15, -0.1) is 0 Å². The molecule has 0 aliphatic heterocycles. The van der Waals surface area contributed by atoms with Crippen LogP contribution in [0.3, 0.4) is 0 Å². The van der Waals surface area contributed by atoms with E-state index in [1.54, 1.807) is 0 Å². The molecule has 0 N–H and O–H groups in total. The molecule has 4 bridgehead atoms. The van der Waals surface area contributed by atoms with Crippen molar-refractivity contribution in [2.45, 2.75) is 66.0 Å². The molecular weight excluding hydrogens is 432 g/mol. The molecule has 2 aromatic rings. The summed E-state index contributed by atoms with van der Waals surface area (Å²) in [6, 6.07) is 8.21. The summed E-state index contributed by atoms with van der Waals surface area (Å²) in [6.45, 7) is 9.57. The predicted octanol–water partition coefficient (Wildman–Crippen LogP) is 5.34. The fourth-order valence-corrected chi connectivity index (χ4v) is 4.73. The van der Waals surface area contributed by atoms with E-state index in [9.17, 15) is 9.59 Å². The van der Waals surface area contributed by atoms with Crippen molar-refractivity contribution < 1.29 is 28.5 Å². The third-order valence-corrected chi connectivity index (χ3v) is 6.24. The summed E-state index contributed by atoms with van der Waals surface area (Å²) < 4.78 is 23.6. The standard InChI is InChI=1S/C28H36O6/c1-5-31-27(32-6-2)25-21-13-9-19(23(25)17-29)12-16-22-14-10-20(11-15-21)24(18-30)26(22)28(33-7-3)34-8-4/h9-10,13-14,17-18,27-28H,5-8,11-12,15-16H2,1-4H3. The zero-order chi connectivity index (χ0) is 24.5. The van der Waals surface area contributed by atoms with Crippen LogP contribution in [0.15, 0.2) is 24.3 Å². The van der Waals surface area contributed by atoms with E-state index in [1.165, 1.54) is 0 Å². The van der Waals surface area contributed by atoms with Gasteiger partial charge in [0.2, 0.25) is 0 Å². The number of rotatable bonds is 12. The van der Waals surface area contributed by atoms with Crippen molar-refractivity contribution in [3.63, 3.8) is 0 Å². The summed E-state index contributed by atoms with van der Waals surface area (Å²) in [6.07, 6.45) is 3.18. The summed E-state index contributed by atoms with van der Waals surface area (Å²) >= 11 is 0. The minimum atomic E-state index is -0.601. The highest BCUT2D eigenvalue weighted by atomic mass is 16.7. The zero-order valence-electron chi connectivity index (χ0n) is 20.7. The highest BCUT2D eigenvalue weighted by Gasteiger charge is 2.26. The molecule has 0 saturated heterocycles. The molecule has 0 unspecified atom stereocenters. The second-order valence-corrected chi connectivity index (χ2v) is 8.14. The Kier molecular flexibility index (Phi) is 9.96. The molecule has 0 spiro atoms. The van der Waals surface area contributed by atoms with Gasteiger partial charge in [-0.25, -0.2) is 0 Å². The first-order valence-corrected chi connectivity index (χ1v) is 12.3. The van der Waals surface area contributed by atoms with Crippen LogP contribution >= 0.6 is 0 Å². The Hall–Kier alpha value is -2.38. The van der Waals surface area contributed by atoms with Crippen molar-refractivity contribution in [1.29, 1.82) is 0 Å². The first kappa shape index (κ1) is 26.2. The quantitative estimate of drug-likeness (QED) is 0.309. The van der Waals surface area contributed by atoms with Gasteiger partial charge in [-0.1, -0.05) is 24.3 Å². The molecule has 0 fully saturated rings. The Labute approximate surface area is 202 Å². The first-order valence-electron chi connectivity index (χ1n) is 12.3. The second-order valence-electron chi connectivity index (χ2n) is 8.14. The van der Waals surface area contributed by atoms with Crippen LogP contribution in [0, 0.1) is 0 Å². The number of hydrogen-bond acceptors (Lipinski definition) is 6. The van der Waals surface area contributed by atoms with Crippen molar-refractivity contribution in [2.24, 2.45) is 0 Å². The summed E-state index contributed by atoms with van der Waals surface area (Å²) in [7, 11) is 0. The average Bonchev–Trinajstić information content (AvgIpc) is 2.84. The molecule has 184 valence electrons. The molecule has 6 nitrogen and oxygen atoms in total. The molecule has 6 rings (SSSR count). The Morgan fingerprint density at radius 1 is 0.588 bits per heavy atom. The van der Waals surface area contributed by atoms with Gasteiger partial charge in [0.25, 0.3) is 0 Å². The molecule has 0 aromatic heterocycles. The molecule has 4 aliphatic carbocycles. The molecule has 0 heterocycles. The summed E-state index contributed by atoms with van der Waals surface area (Å²) in [4.78, 5) is 24.7. The number of aryl methyl sites for hydroxylation is 4. The van der Waals surface area contributed by atoms with E-state index in [0.717, 1.165) is 46.0 Å². The van der Waals surface area contributed by atoms with Crippen LogP contribution in [0.25, 0.3) is 0 Å². The van der Waals surface area contributed by atoms with E-state index in [4.69, 9.17) is 18.9 Å². The Bertz CT molecular complexity index is 892. The SMILES string of the molecule is CCOC(OCC)c1c2ccc(c1C=O)CCc1ccc(c(C=O)c1C(OCC)OCC)CC2. The zero-order valence-corrected chi connectivity index (χ0v) is 20.7. The van der Waals surface area contributed by atoms with Crippen molar-refractivity contribution >= 4 is 12.6 Å². The van der Waals surface area contributed by atoms with Crippen molar-refractivity contribution in [3.05, 3.63) is 68.8 Å². The maximum atomic E-state index is 12.3. The average molecular weight is 469 g/mol.